The number of rotatable bonds is 8. The van der Waals surface area contributed by atoms with Gasteiger partial charge in [0.1, 0.15) is 6.10 Å². The third-order valence-electron chi connectivity index (χ3n) is 1.93. The predicted octanol–water partition coefficient (Wildman–Crippen LogP) is 0.779. The predicted molar refractivity (Wildman–Crippen MR) is 61.0 cm³/mol. The monoisotopic (exact) mass is 252 g/mol. The van der Waals surface area contributed by atoms with Crippen LogP contribution in [0, 0.1) is 0 Å². The Kier molecular flexibility index (Phi) is 7.33. The molecule has 0 fully saturated rings. The molecule has 0 aliphatic heterocycles. The van der Waals surface area contributed by atoms with Gasteiger partial charge in [0.05, 0.1) is 18.1 Å². The van der Waals surface area contributed by atoms with Gasteiger partial charge in [-0.2, -0.15) is 0 Å². The number of hydrogen-bond donors (Lipinski definition) is 0. The van der Waals surface area contributed by atoms with E-state index in [0.29, 0.717) is 6.42 Å². The molecule has 0 aliphatic carbocycles. The van der Waals surface area contributed by atoms with Crippen molar-refractivity contribution in [2.45, 2.75) is 32.8 Å². The lowest BCUT2D eigenvalue weighted by atomic mass is 10.4. The molecule has 1 unspecified atom stereocenters. The molecule has 96 valence electrons. The topological polar surface area (TPSA) is 69.7 Å². The van der Waals surface area contributed by atoms with Gasteiger partial charge >= 0.3 is 5.97 Å². The van der Waals surface area contributed by atoms with Crippen molar-refractivity contribution in [3.63, 3.8) is 0 Å². The van der Waals surface area contributed by atoms with E-state index in [0.717, 1.165) is 6.42 Å². The summed E-state index contributed by atoms with van der Waals surface area (Å²) >= 11 is 0. The molecule has 1 atom stereocenters. The highest BCUT2D eigenvalue weighted by atomic mass is 32.2. The van der Waals surface area contributed by atoms with E-state index in [4.69, 9.17) is 9.47 Å². The van der Waals surface area contributed by atoms with Crippen LogP contribution in [0.2, 0.25) is 0 Å². The molecule has 0 saturated carbocycles. The van der Waals surface area contributed by atoms with Crippen molar-refractivity contribution in [2.75, 3.05) is 25.2 Å². The Morgan fingerprint density at radius 1 is 1.38 bits per heavy atom. The van der Waals surface area contributed by atoms with Crippen molar-refractivity contribution >= 4 is 15.8 Å². The molecular formula is C10H20O5S. The Morgan fingerprint density at radius 2 is 2.00 bits per heavy atom. The minimum Gasteiger partial charge on any atom is -0.459 e. The largest absolute Gasteiger partial charge is 0.459 e. The number of methoxy groups -OCH3 is 1. The molecule has 0 radical (unpaired) electrons. The van der Waals surface area contributed by atoms with E-state index >= 15 is 0 Å². The Hall–Kier alpha value is -0.620. The summed E-state index contributed by atoms with van der Waals surface area (Å²) in [6.07, 6.45) is 0.744. The molecule has 0 aromatic carbocycles. The van der Waals surface area contributed by atoms with Crippen molar-refractivity contribution in [2.24, 2.45) is 0 Å². The van der Waals surface area contributed by atoms with Crippen LogP contribution in [-0.4, -0.2) is 45.7 Å². The second kappa shape index (κ2) is 7.62. The number of hydrogen-bond acceptors (Lipinski definition) is 5. The average molecular weight is 252 g/mol. The number of ether oxygens (including phenoxy) is 2. The summed E-state index contributed by atoms with van der Waals surface area (Å²) in [7, 11) is -1.73. The van der Waals surface area contributed by atoms with Gasteiger partial charge in [-0.3, -0.25) is 4.79 Å². The molecule has 0 spiro atoms. The zero-order valence-corrected chi connectivity index (χ0v) is 10.9. The fourth-order valence-electron chi connectivity index (χ4n) is 1.27. The highest BCUT2D eigenvalue weighted by Gasteiger charge is 2.21. The Labute approximate surface area is 97.0 Å². The SMILES string of the molecule is CCCCS(=O)(=O)CC(COC)OC(C)=O. The standard InChI is InChI=1S/C10H20O5S/c1-4-5-6-16(12,13)8-10(7-14-3)15-9(2)11/h10H,4-8H2,1-3H3. The highest BCUT2D eigenvalue weighted by molar-refractivity contribution is 7.91. The maximum absolute atomic E-state index is 11.6. The second-order valence-corrected chi connectivity index (χ2v) is 5.88. The van der Waals surface area contributed by atoms with Crippen LogP contribution in [0.5, 0.6) is 0 Å². The van der Waals surface area contributed by atoms with Gasteiger partial charge in [-0.05, 0) is 6.42 Å². The summed E-state index contributed by atoms with van der Waals surface area (Å²) in [5, 5.41) is 0. The molecule has 0 aromatic heterocycles. The summed E-state index contributed by atoms with van der Waals surface area (Å²) in [5.41, 5.74) is 0. The smallest absolute Gasteiger partial charge is 0.303 e. The fraction of sp³-hybridized carbons (Fsp3) is 0.900. The fourth-order valence-corrected chi connectivity index (χ4v) is 2.89. The van der Waals surface area contributed by atoms with Crippen LogP contribution in [0.4, 0.5) is 0 Å². The first-order valence-corrected chi connectivity index (χ1v) is 7.10. The molecular weight excluding hydrogens is 232 g/mol. The number of carbonyl (C=O) groups is 1. The van der Waals surface area contributed by atoms with Gasteiger partial charge in [0.25, 0.3) is 0 Å². The number of unbranched alkanes of at least 4 members (excludes halogenated alkanes) is 1. The first-order valence-electron chi connectivity index (χ1n) is 5.28. The van der Waals surface area contributed by atoms with Crippen LogP contribution in [-0.2, 0) is 24.1 Å². The van der Waals surface area contributed by atoms with E-state index < -0.39 is 21.9 Å². The van der Waals surface area contributed by atoms with E-state index in [1.165, 1.54) is 14.0 Å². The zero-order chi connectivity index (χ0) is 12.6. The second-order valence-electron chi connectivity index (χ2n) is 3.65. The first kappa shape index (κ1) is 15.4. The molecule has 0 heterocycles. The molecule has 0 amide bonds. The minimum absolute atomic E-state index is 0.102. The molecule has 0 aliphatic rings. The average Bonchev–Trinajstić information content (AvgIpc) is 2.13. The number of esters is 1. The van der Waals surface area contributed by atoms with Crippen molar-refractivity contribution < 1.29 is 22.7 Å². The molecule has 0 saturated heterocycles. The van der Waals surface area contributed by atoms with E-state index in [9.17, 15) is 13.2 Å². The highest BCUT2D eigenvalue weighted by Crippen LogP contribution is 2.04. The van der Waals surface area contributed by atoms with E-state index in [1.54, 1.807) is 0 Å². The van der Waals surface area contributed by atoms with Gasteiger partial charge in [-0.15, -0.1) is 0 Å². The van der Waals surface area contributed by atoms with Crippen LogP contribution in [0.3, 0.4) is 0 Å². The van der Waals surface area contributed by atoms with Gasteiger partial charge in [0, 0.05) is 14.0 Å². The molecule has 0 bridgehead atoms. The molecule has 0 rings (SSSR count). The molecule has 0 aromatic rings. The third kappa shape index (κ3) is 7.64. The zero-order valence-electron chi connectivity index (χ0n) is 10.1. The quantitative estimate of drug-likeness (QED) is 0.597. The first-order chi connectivity index (χ1) is 7.41. The van der Waals surface area contributed by atoms with Crippen LogP contribution in [0.1, 0.15) is 26.7 Å². The Bertz CT molecular complexity index is 296. The lowest BCUT2D eigenvalue weighted by molar-refractivity contribution is -0.147. The molecule has 5 nitrogen and oxygen atoms in total. The maximum Gasteiger partial charge on any atom is 0.303 e. The van der Waals surface area contributed by atoms with E-state index in [2.05, 4.69) is 0 Å². The minimum atomic E-state index is -3.17. The normalized spacial score (nSPS) is 13.4. The van der Waals surface area contributed by atoms with Gasteiger partial charge in [0.15, 0.2) is 9.84 Å². The van der Waals surface area contributed by atoms with Crippen LogP contribution in [0.15, 0.2) is 0 Å². The van der Waals surface area contributed by atoms with Crippen LogP contribution >= 0.6 is 0 Å². The van der Waals surface area contributed by atoms with Crippen LogP contribution in [0.25, 0.3) is 0 Å². The van der Waals surface area contributed by atoms with Gasteiger partial charge < -0.3 is 9.47 Å². The Morgan fingerprint density at radius 3 is 2.44 bits per heavy atom. The molecule has 6 heteroatoms. The van der Waals surface area contributed by atoms with Crippen molar-refractivity contribution in [3.8, 4) is 0 Å². The van der Waals surface area contributed by atoms with Gasteiger partial charge in [-0.25, -0.2) is 8.42 Å². The van der Waals surface area contributed by atoms with Crippen molar-refractivity contribution in [1.82, 2.24) is 0 Å². The van der Waals surface area contributed by atoms with E-state index in [-0.39, 0.29) is 18.1 Å². The Balaban J connectivity index is 4.31. The summed E-state index contributed by atoms with van der Waals surface area (Å²) in [5.74, 6) is -0.529. The van der Waals surface area contributed by atoms with Gasteiger partial charge in [-0.1, -0.05) is 13.3 Å². The lowest BCUT2D eigenvalue weighted by Gasteiger charge is -2.15. The molecule has 16 heavy (non-hydrogen) atoms. The van der Waals surface area contributed by atoms with Crippen LogP contribution < -0.4 is 0 Å². The third-order valence-corrected chi connectivity index (χ3v) is 3.72. The van der Waals surface area contributed by atoms with Crippen molar-refractivity contribution in [3.05, 3.63) is 0 Å². The number of carbonyl (C=O) groups excluding carboxylic acids is 1. The van der Waals surface area contributed by atoms with Gasteiger partial charge in [0.2, 0.25) is 0 Å². The van der Waals surface area contributed by atoms with Crippen molar-refractivity contribution in [1.29, 1.82) is 0 Å². The summed E-state index contributed by atoms with van der Waals surface area (Å²) in [6, 6.07) is 0. The number of sulfone groups is 1. The van der Waals surface area contributed by atoms with E-state index in [1.807, 2.05) is 6.92 Å². The maximum atomic E-state index is 11.6. The lowest BCUT2D eigenvalue weighted by Crippen LogP contribution is -2.31. The molecule has 0 N–H and O–H groups in total. The summed E-state index contributed by atoms with van der Waals surface area (Å²) < 4.78 is 32.9. The summed E-state index contributed by atoms with van der Waals surface area (Å²) in [4.78, 5) is 10.8. The summed E-state index contributed by atoms with van der Waals surface area (Å²) in [6.45, 7) is 3.28.